The highest BCUT2D eigenvalue weighted by Gasteiger charge is 2.12. The van der Waals surface area contributed by atoms with Gasteiger partial charge in [0.05, 0.1) is 6.54 Å². The molecule has 2 aromatic rings. The Kier molecular flexibility index (Phi) is 3.26. The predicted octanol–water partition coefficient (Wildman–Crippen LogP) is 1.36. The van der Waals surface area contributed by atoms with E-state index in [0.29, 0.717) is 5.56 Å². The van der Waals surface area contributed by atoms with Crippen LogP contribution in [0.1, 0.15) is 5.82 Å². The van der Waals surface area contributed by atoms with Crippen molar-refractivity contribution in [2.75, 3.05) is 0 Å². The fraction of sp³-hybridized carbons (Fsp3) is 0.0909. The molecule has 0 atom stereocenters. The molecule has 88 valence electrons. The number of nitrogens with two attached hydrogens (primary N) is 1. The number of rotatable bonds is 2. The van der Waals surface area contributed by atoms with Gasteiger partial charge < -0.3 is 15.8 Å². The molecule has 0 aliphatic rings. The van der Waals surface area contributed by atoms with Crippen LogP contribution in [-0.2, 0) is 6.54 Å². The maximum absolute atomic E-state index is 11.8. The second-order valence-corrected chi connectivity index (χ2v) is 4.34. The molecule has 1 heterocycles. The van der Waals surface area contributed by atoms with Crippen LogP contribution in [0.2, 0.25) is 0 Å². The van der Waals surface area contributed by atoms with E-state index in [-0.39, 0.29) is 23.8 Å². The summed E-state index contributed by atoms with van der Waals surface area (Å²) in [5.74, 6) is -0.0569. The molecule has 1 aromatic heterocycles. The standard InChI is InChI=1S/C11H10BrN3O2/c12-7-3-1-2-6(4-7)9-10(16)14-8(5-13)15-11(9)17/h1-4H,5,13H2,(H2,14,15,16,17). The topological polar surface area (TPSA) is 92.0 Å². The van der Waals surface area contributed by atoms with Crippen LogP contribution in [0.5, 0.6) is 5.88 Å². The number of H-pyrrole nitrogens is 1. The minimum Gasteiger partial charge on any atom is -0.493 e. The molecule has 0 unspecified atom stereocenters. The van der Waals surface area contributed by atoms with E-state index in [9.17, 15) is 9.90 Å². The smallest absolute Gasteiger partial charge is 0.262 e. The van der Waals surface area contributed by atoms with Gasteiger partial charge in [-0.25, -0.2) is 0 Å². The monoisotopic (exact) mass is 295 g/mol. The van der Waals surface area contributed by atoms with Crippen molar-refractivity contribution >= 4 is 15.9 Å². The van der Waals surface area contributed by atoms with Crippen molar-refractivity contribution in [3.05, 3.63) is 44.9 Å². The van der Waals surface area contributed by atoms with Crippen LogP contribution in [0.4, 0.5) is 0 Å². The highest BCUT2D eigenvalue weighted by atomic mass is 79.9. The van der Waals surface area contributed by atoms with Crippen LogP contribution >= 0.6 is 15.9 Å². The molecule has 6 heteroatoms. The summed E-state index contributed by atoms with van der Waals surface area (Å²) in [4.78, 5) is 18.1. The first-order valence-corrected chi connectivity index (χ1v) is 5.69. The Labute approximate surface area is 105 Å². The highest BCUT2D eigenvalue weighted by Crippen LogP contribution is 2.25. The van der Waals surface area contributed by atoms with Gasteiger partial charge >= 0.3 is 0 Å². The first-order chi connectivity index (χ1) is 8.11. The Hall–Kier alpha value is -1.66. The van der Waals surface area contributed by atoms with Crippen molar-refractivity contribution in [1.82, 2.24) is 9.97 Å². The second-order valence-electron chi connectivity index (χ2n) is 3.43. The lowest BCUT2D eigenvalue weighted by Gasteiger charge is -2.05. The molecular formula is C11H10BrN3O2. The largest absolute Gasteiger partial charge is 0.493 e. The Bertz CT molecular complexity index is 610. The summed E-state index contributed by atoms with van der Waals surface area (Å²) in [6, 6.07) is 7.05. The lowest BCUT2D eigenvalue weighted by Crippen LogP contribution is -2.16. The number of nitrogens with zero attached hydrogens (tertiary/aromatic N) is 1. The van der Waals surface area contributed by atoms with Crippen LogP contribution in [0.3, 0.4) is 0 Å². The van der Waals surface area contributed by atoms with E-state index < -0.39 is 5.56 Å². The number of hydrogen-bond donors (Lipinski definition) is 3. The average Bonchev–Trinajstić information content (AvgIpc) is 2.28. The number of hydrogen-bond acceptors (Lipinski definition) is 4. The minimum atomic E-state index is -0.406. The van der Waals surface area contributed by atoms with Crippen molar-refractivity contribution in [3.8, 4) is 17.0 Å². The lowest BCUT2D eigenvalue weighted by molar-refractivity contribution is 0.450. The SMILES string of the molecule is NCc1nc(O)c(-c2cccc(Br)c2)c(=O)[nH]1. The molecule has 1 aromatic carbocycles. The molecule has 0 aliphatic carbocycles. The molecule has 2 rings (SSSR count). The van der Waals surface area contributed by atoms with Gasteiger partial charge in [0.2, 0.25) is 5.88 Å². The number of benzene rings is 1. The maximum atomic E-state index is 11.8. The highest BCUT2D eigenvalue weighted by molar-refractivity contribution is 9.10. The van der Waals surface area contributed by atoms with Crippen LogP contribution in [0.25, 0.3) is 11.1 Å². The Morgan fingerprint density at radius 2 is 2.24 bits per heavy atom. The molecule has 17 heavy (non-hydrogen) atoms. The Morgan fingerprint density at radius 3 is 2.82 bits per heavy atom. The van der Waals surface area contributed by atoms with Gasteiger partial charge in [-0.1, -0.05) is 28.1 Å². The first-order valence-electron chi connectivity index (χ1n) is 4.90. The van der Waals surface area contributed by atoms with Gasteiger partial charge in [-0.2, -0.15) is 4.98 Å². The number of aromatic amines is 1. The molecule has 0 saturated carbocycles. The molecule has 0 amide bonds. The van der Waals surface area contributed by atoms with E-state index in [2.05, 4.69) is 25.9 Å². The third-order valence-electron chi connectivity index (χ3n) is 2.26. The van der Waals surface area contributed by atoms with E-state index >= 15 is 0 Å². The van der Waals surface area contributed by atoms with Crippen molar-refractivity contribution in [3.63, 3.8) is 0 Å². The van der Waals surface area contributed by atoms with Crippen LogP contribution in [0.15, 0.2) is 33.5 Å². The number of aromatic hydroxyl groups is 1. The molecule has 0 bridgehead atoms. The quantitative estimate of drug-likeness (QED) is 0.780. The van der Waals surface area contributed by atoms with Gasteiger partial charge in [0.25, 0.3) is 5.56 Å². The molecule has 0 saturated heterocycles. The van der Waals surface area contributed by atoms with Gasteiger partial charge in [0.15, 0.2) is 0 Å². The summed E-state index contributed by atoms with van der Waals surface area (Å²) in [5.41, 5.74) is 5.68. The van der Waals surface area contributed by atoms with E-state index in [1.807, 2.05) is 6.07 Å². The summed E-state index contributed by atoms with van der Waals surface area (Å²) in [6.45, 7) is 0.0710. The van der Waals surface area contributed by atoms with Crippen LogP contribution < -0.4 is 11.3 Å². The first kappa shape index (κ1) is 11.8. The zero-order valence-corrected chi connectivity index (χ0v) is 10.4. The number of halogens is 1. The number of nitrogens with one attached hydrogen (secondary N) is 1. The van der Waals surface area contributed by atoms with Crippen molar-refractivity contribution < 1.29 is 5.11 Å². The fourth-order valence-electron chi connectivity index (χ4n) is 1.51. The zero-order chi connectivity index (χ0) is 12.4. The van der Waals surface area contributed by atoms with Crippen molar-refractivity contribution in [2.24, 2.45) is 5.73 Å². The van der Waals surface area contributed by atoms with Crippen LogP contribution in [-0.4, -0.2) is 15.1 Å². The van der Waals surface area contributed by atoms with Gasteiger partial charge in [0.1, 0.15) is 11.4 Å². The summed E-state index contributed by atoms with van der Waals surface area (Å²) < 4.78 is 0.816. The lowest BCUT2D eigenvalue weighted by atomic mass is 10.1. The molecular weight excluding hydrogens is 286 g/mol. The summed E-state index contributed by atoms with van der Waals surface area (Å²) in [6.07, 6.45) is 0. The summed E-state index contributed by atoms with van der Waals surface area (Å²) >= 11 is 3.30. The van der Waals surface area contributed by atoms with Crippen LogP contribution in [0, 0.1) is 0 Å². The third kappa shape index (κ3) is 2.37. The second kappa shape index (κ2) is 4.68. The predicted molar refractivity (Wildman–Crippen MR) is 67.5 cm³/mol. The van der Waals surface area contributed by atoms with Gasteiger partial charge in [-0.05, 0) is 17.7 Å². The molecule has 0 radical (unpaired) electrons. The van der Waals surface area contributed by atoms with Crippen molar-refractivity contribution in [1.29, 1.82) is 0 Å². The third-order valence-corrected chi connectivity index (χ3v) is 2.75. The average molecular weight is 296 g/mol. The number of aromatic nitrogens is 2. The van der Waals surface area contributed by atoms with E-state index in [0.717, 1.165) is 4.47 Å². The summed E-state index contributed by atoms with van der Waals surface area (Å²) in [5, 5.41) is 9.75. The van der Waals surface area contributed by atoms with E-state index in [1.165, 1.54) is 0 Å². The van der Waals surface area contributed by atoms with Gasteiger partial charge in [-0.15, -0.1) is 0 Å². The normalized spacial score (nSPS) is 10.5. The fourth-order valence-corrected chi connectivity index (χ4v) is 1.91. The Balaban J connectivity index is 2.64. The van der Waals surface area contributed by atoms with Gasteiger partial charge in [-0.3, -0.25) is 4.79 Å². The molecule has 0 aliphatic heterocycles. The van der Waals surface area contributed by atoms with E-state index in [4.69, 9.17) is 5.73 Å². The molecule has 5 nitrogen and oxygen atoms in total. The maximum Gasteiger partial charge on any atom is 0.262 e. The summed E-state index contributed by atoms with van der Waals surface area (Å²) in [7, 11) is 0. The van der Waals surface area contributed by atoms with Gasteiger partial charge in [0, 0.05) is 4.47 Å². The zero-order valence-electron chi connectivity index (χ0n) is 8.77. The molecule has 0 fully saturated rings. The minimum absolute atomic E-state index is 0.0710. The molecule has 0 spiro atoms. The molecule has 4 N–H and O–H groups in total. The Morgan fingerprint density at radius 1 is 1.47 bits per heavy atom. The van der Waals surface area contributed by atoms with E-state index in [1.54, 1.807) is 18.2 Å². The van der Waals surface area contributed by atoms with Crippen molar-refractivity contribution in [2.45, 2.75) is 6.54 Å².